The Morgan fingerprint density at radius 2 is 2.14 bits per heavy atom. The maximum atomic E-state index is 8.81. The zero-order chi connectivity index (χ0) is 16.1. The topological polar surface area (TPSA) is 73.9 Å². The maximum Gasteiger partial charge on any atom is 0.144 e. The van der Waals surface area contributed by atoms with Gasteiger partial charge in [-0.15, -0.1) is 0 Å². The monoisotopic (exact) mass is 298 g/mol. The minimum Gasteiger partial charge on any atom is -0.409 e. The molecule has 1 saturated carbocycles. The van der Waals surface area contributed by atoms with E-state index in [0.29, 0.717) is 5.84 Å². The fraction of sp³-hybridized carbons (Fsp3) is 0.938. The summed E-state index contributed by atoms with van der Waals surface area (Å²) in [5.74, 6) is 1.11. The van der Waals surface area contributed by atoms with Crippen molar-refractivity contribution in [1.82, 2.24) is 10.2 Å². The lowest BCUT2D eigenvalue weighted by Crippen LogP contribution is -2.54. The number of nitrogens with two attached hydrogens (primary N) is 1. The first kappa shape index (κ1) is 18.2. The van der Waals surface area contributed by atoms with Gasteiger partial charge in [-0.1, -0.05) is 38.8 Å². The summed E-state index contributed by atoms with van der Waals surface area (Å²) in [4.78, 5) is 2.39. The van der Waals surface area contributed by atoms with Gasteiger partial charge in [0.2, 0.25) is 0 Å². The molecule has 0 radical (unpaired) electrons. The van der Waals surface area contributed by atoms with Crippen molar-refractivity contribution in [3.8, 4) is 0 Å². The van der Waals surface area contributed by atoms with Crippen molar-refractivity contribution in [3.05, 3.63) is 0 Å². The molecule has 1 rings (SSSR count). The summed E-state index contributed by atoms with van der Waals surface area (Å²) in [6, 6.07) is 0. The SMILES string of the molecule is CC1CCCC(CNCCC(C)(C)C(N)=NO)(N(C)C)C1. The second-order valence-electron chi connectivity index (χ2n) is 7.62. The lowest BCUT2D eigenvalue weighted by atomic mass is 9.75. The molecule has 0 heterocycles. The first-order chi connectivity index (χ1) is 9.73. The molecule has 0 saturated heterocycles. The first-order valence-electron chi connectivity index (χ1n) is 8.10. The molecule has 0 aliphatic heterocycles. The largest absolute Gasteiger partial charge is 0.409 e. The van der Waals surface area contributed by atoms with Crippen LogP contribution in [0.3, 0.4) is 0 Å². The standard InChI is InChI=1S/C16H34N4O/c1-13-7-6-8-16(11-13,20(4)5)12-18-10-9-15(2,3)14(17)19-21/h13,18,21H,6-12H2,1-5H3,(H2,17,19). The molecular weight excluding hydrogens is 264 g/mol. The molecule has 21 heavy (non-hydrogen) atoms. The Kier molecular flexibility index (Phi) is 6.47. The molecule has 1 aliphatic rings. The summed E-state index contributed by atoms with van der Waals surface area (Å²) in [7, 11) is 4.39. The van der Waals surface area contributed by atoms with E-state index in [0.717, 1.165) is 25.4 Å². The molecular formula is C16H34N4O. The minimum absolute atomic E-state index is 0.271. The predicted molar refractivity (Wildman–Crippen MR) is 88.7 cm³/mol. The summed E-state index contributed by atoms with van der Waals surface area (Å²) in [5, 5.41) is 15.5. The van der Waals surface area contributed by atoms with Crippen LogP contribution < -0.4 is 11.1 Å². The van der Waals surface area contributed by atoms with Gasteiger partial charge in [0.05, 0.1) is 0 Å². The summed E-state index contributed by atoms with van der Waals surface area (Å²) in [6.07, 6.45) is 6.06. The Labute approximate surface area is 130 Å². The Hall–Kier alpha value is -0.810. The summed E-state index contributed by atoms with van der Waals surface area (Å²) in [5.41, 5.74) is 5.74. The van der Waals surface area contributed by atoms with E-state index in [4.69, 9.17) is 10.9 Å². The van der Waals surface area contributed by atoms with Crippen LogP contribution in [-0.4, -0.2) is 48.7 Å². The van der Waals surface area contributed by atoms with E-state index in [2.05, 4.69) is 36.4 Å². The molecule has 1 fully saturated rings. The molecule has 0 aromatic rings. The highest BCUT2D eigenvalue weighted by Crippen LogP contribution is 2.35. The quantitative estimate of drug-likeness (QED) is 0.222. The van der Waals surface area contributed by atoms with Crippen molar-refractivity contribution in [2.24, 2.45) is 22.2 Å². The normalized spacial score (nSPS) is 28.1. The van der Waals surface area contributed by atoms with E-state index < -0.39 is 0 Å². The van der Waals surface area contributed by atoms with E-state index in [-0.39, 0.29) is 11.0 Å². The van der Waals surface area contributed by atoms with Crippen molar-refractivity contribution >= 4 is 5.84 Å². The average Bonchev–Trinajstić information content (AvgIpc) is 2.42. The molecule has 0 bridgehead atoms. The second-order valence-corrected chi connectivity index (χ2v) is 7.62. The molecule has 0 aromatic carbocycles. The number of hydrogen-bond donors (Lipinski definition) is 3. The number of oxime groups is 1. The predicted octanol–water partition coefficient (Wildman–Crippen LogP) is 2.25. The van der Waals surface area contributed by atoms with Crippen molar-refractivity contribution in [2.75, 3.05) is 27.2 Å². The van der Waals surface area contributed by atoms with Crippen LogP contribution >= 0.6 is 0 Å². The van der Waals surface area contributed by atoms with Crippen LogP contribution in [0.1, 0.15) is 52.9 Å². The molecule has 2 atom stereocenters. The number of likely N-dealkylation sites (N-methyl/N-ethyl adjacent to an activating group) is 1. The van der Waals surface area contributed by atoms with Crippen LogP contribution in [0.2, 0.25) is 0 Å². The number of amidine groups is 1. The molecule has 5 nitrogen and oxygen atoms in total. The lowest BCUT2D eigenvalue weighted by Gasteiger charge is -2.45. The van der Waals surface area contributed by atoms with Gasteiger partial charge in [-0.25, -0.2) is 0 Å². The number of hydrogen-bond acceptors (Lipinski definition) is 4. The van der Waals surface area contributed by atoms with Gasteiger partial charge in [0.1, 0.15) is 5.84 Å². The summed E-state index contributed by atoms with van der Waals surface area (Å²) < 4.78 is 0. The van der Waals surface area contributed by atoms with Crippen LogP contribution in [0, 0.1) is 11.3 Å². The molecule has 0 amide bonds. The second kappa shape index (κ2) is 7.45. The Morgan fingerprint density at radius 3 is 2.67 bits per heavy atom. The third kappa shape index (κ3) is 4.85. The van der Waals surface area contributed by atoms with Crippen LogP contribution in [0.5, 0.6) is 0 Å². The van der Waals surface area contributed by atoms with E-state index in [1.807, 2.05) is 13.8 Å². The van der Waals surface area contributed by atoms with Gasteiger partial charge in [-0.2, -0.15) is 0 Å². The lowest BCUT2D eigenvalue weighted by molar-refractivity contribution is 0.0749. The van der Waals surface area contributed by atoms with Crippen molar-refractivity contribution < 1.29 is 5.21 Å². The Morgan fingerprint density at radius 1 is 1.48 bits per heavy atom. The minimum atomic E-state index is -0.271. The molecule has 1 aliphatic carbocycles. The molecule has 5 heteroatoms. The number of nitrogens with one attached hydrogen (secondary N) is 1. The number of nitrogens with zero attached hydrogens (tertiary/aromatic N) is 2. The molecule has 0 spiro atoms. The number of rotatable bonds is 7. The van der Waals surface area contributed by atoms with Crippen molar-refractivity contribution in [1.29, 1.82) is 0 Å². The highest BCUT2D eigenvalue weighted by molar-refractivity contribution is 5.85. The molecule has 2 unspecified atom stereocenters. The molecule has 4 N–H and O–H groups in total. The van der Waals surface area contributed by atoms with E-state index in [1.54, 1.807) is 0 Å². The first-order valence-corrected chi connectivity index (χ1v) is 8.10. The summed E-state index contributed by atoms with van der Waals surface area (Å²) >= 11 is 0. The fourth-order valence-electron chi connectivity index (χ4n) is 3.34. The maximum absolute atomic E-state index is 8.81. The van der Waals surface area contributed by atoms with Crippen LogP contribution in [0.4, 0.5) is 0 Å². The fourth-order valence-corrected chi connectivity index (χ4v) is 3.34. The van der Waals surface area contributed by atoms with Crippen LogP contribution in [0.15, 0.2) is 5.16 Å². The Bertz CT molecular complexity index is 354. The van der Waals surface area contributed by atoms with Gasteiger partial charge in [0.25, 0.3) is 0 Å². The zero-order valence-corrected chi connectivity index (χ0v) is 14.4. The van der Waals surface area contributed by atoms with Crippen molar-refractivity contribution in [3.63, 3.8) is 0 Å². The van der Waals surface area contributed by atoms with Crippen LogP contribution in [0.25, 0.3) is 0 Å². The zero-order valence-electron chi connectivity index (χ0n) is 14.4. The van der Waals surface area contributed by atoms with Gasteiger partial charge in [0.15, 0.2) is 0 Å². The van der Waals surface area contributed by atoms with E-state index >= 15 is 0 Å². The highest BCUT2D eigenvalue weighted by atomic mass is 16.4. The average molecular weight is 298 g/mol. The van der Waals surface area contributed by atoms with Crippen molar-refractivity contribution in [2.45, 2.75) is 58.4 Å². The van der Waals surface area contributed by atoms with Crippen LogP contribution in [-0.2, 0) is 0 Å². The van der Waals surface area contributed by atoms with Gasteiger partial charge < -0.3 is 21.2 Å². The van der Waals surface area contributed by atoms with E-state index in [1.165, 1.54) is 25.7 Å². The highest BCUT2D eigenvalue weighted by Gasteiger charge is 2.36. The smallest absolute Gasteiger partial charge is 0.144 e. The van der Waals surface area contributed by atoms with Gasteiger partial charge in [0, 0.05) is 17.5 Å². The van der Waals surface area contributed by atoms with Gasteiger partial charge in [-0.3, -0.25) is 0 Å². The Balaban J connectivity index is 2.49. The van der Waals surface area contributed by atoms with Gasteiger partial charge in [-0.05, 0) is 45.8 Å². The molecule has 0 aromatic heterocycles. The van der Waals surface area contributed by atoms with E-state index in [9.17, 15) is 0 Å². The summed E-state index contributed by atoms with van der Waals surface area (Å²) in [6.45, 7) is 8.27. The third-order valence-electron chi connectivity index (χ3n) is 5.20. The van der Waals surface area contributed by atoms with Gasteiger partial charge >= 0.3 is 0 Å². The molecule has 124 valence electrons. The third-order valence-corrected chi connectivity index (χ3v) is 5.20.